The van der Waals surface area contributed by atoms with E-state index >= 15 is 0 Å². The van der Waals surface area contributed by atoms with E-state index in [1.165, 1.54) is 30.4 Å². The zero-order valence-electron chi connectivity index (χ0n) is 16.8. The molecule has 0 bridgehead atoms. The fourth-order valence-electron chi connectivity index (χ4n) is 3.97. The van der Waals surface area contributed by atoms with Crippen LogP contribution in [0.2, 0.25) is 0 Å². The van der Waals surface area contributed by atoms with Crippen molar-refractivity contribution in [1.29, 1.82) is 0 Å². The van der Waals surface area contributed by atoms with E-state index in [2.05, 4.69) is 41.7 Å². The number of hydrogen-bond acceptors (Lipinski definition) is 3. The number of hydrogen-bond donors (Lipinski definition) is 1. The lowest BCUT2D eigenvalue weighted by Gasteiger charge is -2.36. The smallest absolute Gasteiger partial charge is 0.211 e. The van der Waals surface area contributed by atoms with Crippen molar-refractivity contribution in [2.45, 2.75) is 78.3 Å². The molecule has 0 amide bonds. The molecule has 1 aromatic carbocycles. The van der Waals surface area contributed by atoms with E-state index in [1.807, 2.05) is 6.92 Å². The highest BCUT2D eigenvalue weighted by Gasteiger charge is 2.25. The van der Waals surface area contributed by atoms with E-state index in [0.717, 1.165) is 37.9 Å². The lowest BCUT2D eigenvalue weighted by Crippen LogP contribution is -2.40. The maximum atomic E-state index is 12.2. The van der Waals surface area contributed by atoms with E-state index < -0.39 is 10.0 Å². The summed E-state index contributed by atoms with van der Waals surface area (Å²) < 4.78 is 27.1. The van der Waals surface area contributed by atoms with Crippen molar-refractivity contribution in [1.82, 2.24) is 9.62 Å². The topological polar surface area (TPSA) is 49.4 Å². The van der Waals surface area contributed by atoms with Gasteiger partial charge in [0.1, 0.15) is 0 Å². The Morgan fingerprint density at radius 3 is 2.50 bits per heavy atom. The van der Waals surface area contributed by atoms with Crippen LogP contribution in [-0.2, 0) is 29.4 Å². The zero-order chi connectivity index (χ0) is 19.0. The molecule has 0 radical (unpaired) electrons. The first-order valence-electron chi connectivity index (χ1n) is 10.3. The van der Waals surface area contributed by atoms with E-state index in [1.54, 1.807) is 0 Å². The molecule has 1 aliphatic carbocycles. The van der Waals surface area contributed by atoms with Crippen LogP contribution in [0.25, 0.3) is 0 Å². The van der Waals surface area contributed by atoms with Gasteiger partial charge in [-0.3, -0.25) is 0 Å². The zero-order valence-corrected chi connectivity index (χ0v) is 17.6. The molecule has 4 nitrogen and oxygen atoms in total. The number of aryl methyl sites for hydroxylation is 1. The van der Waals surface area contributed by atoms with Gasteiger partial charge in [-0.1, -0.05) is 45.4 Å². The first-order valence-corrected chi connectivity index (χ1v) is 12.0. The number of benzene rings is 1. The third kappa shape index (κ3) is 6.07. The number of unbranched alkanes of at least 4 members (excludes halogenated alkanes) is 1. The standard InChI is InChI=1S/C21H36N2O2S/c1-4-7-15-26(24,25)22-17-19-10-8-9-18-11-12-20(16-21(18)19)23(13-5-2)14-6-3/h8-10,20,22H,4-7,11-17H2,1-3H3. The third-order valence-electron chi connectivity index (χ3n) is 5.34. The second-order valence-electron chi connectivity index (χ2n) is 7.48. The van der Waals surface area contributed by atoms with Gasteiger partial charge in [0.25, 0.3) is 0 Å². The summed E-state index contributed by atoms with van der Waals surface area (Å²) in [5.41, 5.74) is 3.93. The molecule has 1 atom stereocenters. The van der Waals surface area contributed by atoms with Crippen molar-refractivity contribution in [2.24, 2.45) is 0 Å². The number of nitrogens with zero attached hydrogens (tertiary/aromatic N) is 1. The van der Waals surface area contributed by atoms with E-state index in [0.29, 0.717) is 19.0 Å². The fraction of sp³-hybridized carbons (Fsp3) is 0.714. The summed E-state index contributed by atoms with van der Waals surface area (Å²) >= 11 is 0. The minimum Gasteiger partial charge on any atom is -0.300 e. The Kier molecular flexibility index (Phi) is 8.58. The van der Waals surface area contributed by atoms with E-state index in [4.69, 9.17) is 0 Å². The molecule has 0 spiro atoms. The number of nitrogens with one attached hydrogen (secondary N) is 1. The predicted octanol–water partition coefficient (Wildman–Crippen LogP) is 3.89. The third-order valence-corrected chi connectivity index (χ3v) is 6.75. The molecular formula is C21H36N2O2S. The van der Waals surface area contributed by atoms with Crippen molar-refractivity contribution in [2.75, 3.05) is 18.8 Å². The molecular weight excluding hydrogens is 344 g/mol. The van der Waals surface area contributed by atoms with Crippen molar-refractivity contribution < 1.29 is 8.42 Å². The Morgan fingerprint density at radius 2 is 1.85 bits per heavy atom. The first-order chi connectivity index (χ1) is 12.5. The summed E-state index contributed by atoms with van der Waals surface area (Å²) in [5.74, 6) is 0.224. The summed E-state index contributed by atoms with van der Waals surface area (Å²) in [6.45, 7) is 9.23. The minimum absolute atomic E-state index is 0.224. The summed E-state index contributed by atoms with van der Waals surface area (Å²) in [6.07, 6.45) is 7.33. The van der Waals surface area contributed by atoms with Crippen molar-refractivity contribution >= 4 is 10.0 Å². The first kappa shape index (κ1) is 21.4. The Labute approximate surface area is 160 Å². The fourth-order valence-corrected chi connectivity index (χ4v) is 5.16. The highest BCUT2D eigenvalue weighted by atomic mass is 32.2. The van der Waals surface area contributed by atoms with Gasteiger partial charge in [0.2, 0.25) is 10.0 Å². The van der Waals surface area contributed by atoms with Crippen LogP contribution in [0.15, 0.2) is 18.2 Å². The molecule has 0 saturated carbocycles. The quantitative estimate of drug-likeness (QED) is 0.634. The van der Waals surface area contributed by atoms with Gasteiger partial charge >= 0.3 is 0 Å². The number of fused-ring (bicyclic) bond motifs is 1. The number of sulfonamides is 1. The van der Waals surface area contributed by atoms with Crippen molar-refractivity contribution in [3.63, 3.8) is 0 Å². The molecule has 26 heavy (non-hydrogen) atoms. The summed E-state index contributed by atoms with van der Waals surface area (Å²) in [7, 11) is -3.18. The number of rotatable bonds is 11. The Balaban J connectivity index is 2.10. The maximum Gasteiger partial charge on any atom is 0.211 e. The summed E-state index contributed by atoms with van der Waals surface area (Å²) in [5, 5.41) is 0. The van der Waals surface area contributed by atoms with Crippen molar-refractivity contribution in [3.8, 4) is 0 Å². The average Bonchev–Trinajstić information content (AvgIpc) is 2.64. The molecule has 5 heteroatoms. The van der Waals surface area contributed by atoms with Gasteiger partial charge in [0.05, 0.1) is 5.75 Å². The molecule has 1 unspecified atom stereocenters. The van der Waals surface area contributed by atoms with Gasteiger partial charge in [0, 0.05) is 12.6 Å². The molecule has 1 aromatic rings. The Morgan fingerprint density at radius 1 is 1.12 bits per heavy atom. The maximum absolute atomic E-state index is 12.2. The molecule has 2 rings (SSSR count). The molecule has 1 aliphatic rings. The summed E-state index contributed by atoms with van der Waals surface area (Å²) in [4.78, 5) is 2.63. The highest BCUT2D eigenvalue weighted by molar-refractivity contribution is 7.89. The molecule has 0 aromatic heterocycles. The second-order valence-corrected chi connectivity index (χ2v) is 9.41. The van der Waals surface area contributed by atoms with Crippen LogP contribution < -0.4 is 4.72 Å². The van der Waals surface area contributed by atoms with Gasteiger partial charge < -0.3 is 4.90 Å². The highest BCUT2D eigenvalue weighted by Crippen LogP contribution is 2.28. The molecule has 0 saturated heterocycles. The average molecular weight is 381 g/mol. The molecule has 0 aliphatic heterocycles. The Hall–Kier alpha value is -0.910. The van der Waals surface area contributed by atoms with Crippen molar-refractivity contribution in [3.05, 3.63) is 34.9 Å². The predicted molar refractivity (Wildman–Crippen MR) is 110 cm³/mol. The largest absolute Gasteiger partial charge is 0.300 e. The van der Waals surface area contributed by atoms with Crippen LogP contribution in [0.4, 0.5) is 0 Å². The van der Waals surface area contributed by atoms with Crippen LogP contribution >= 0.6 is 0 Å². The molecule has 0 fully saturated rings. The van der Waals surface area contributed by atoms with E-state index in [9.17, 15) is 8.42 Å². The molecule has 148 valence electrons. The van der Waals surface area contributed by atoms with Gasteiger partial charge in [-0.05, 0) is 68.3 Å². The molecule has 1 N–H and O–H groups in total. The van der Waals surface area contributed by atoms with Crippen LogP contribution in [0.1, 0.15) is 69.6 Å². The Bertz CT molecular complexity index is 652. The minimum atomic E-state index is -3.18. The monoisotopic (exact) mass is 380 g/mol. The molecule has 0 heterocycles. The lowest BCUT2D eigenvalue weighted by atomic mass is 9.84. The normalized spacial score (nSPS) is 17.5. The van der Waals surface area contributed by atoms with Crippen LogP contribution in [0, 0.1) is 0 Å². The van der Waals surface area contributed by atoms with Gasteiger partial charge in [-0.2, -0.15) is 0 Å². The van der Waals surface area contributed by atoms with Gasteiger partial charge in [-0.15, -0.1) is 0 Å². The van der Waals surface area contributed by atoms with Gasteiger partial charge in [-0.25, -0.2) is 13.1 Å². The summed E-state index contributed by atoms with van der Waals surface area (Å²) in [6, 6.07) is 6.96. The van der Waals surface area contributed by atoms with Crippen LogP contribution in [0.3, 0.4) is 0 Å². The second kappa shape index (κ2) is 10.4. The SMILES string of the molecule is CCCCS(=O)(=O)NCc1cccc2c1CC(N(CCC)CCC)CC2. The lowest BCUT2D eigenvalue weighted by molar-refractivity contribution is 0.179. The van der Waals surface area contributed by atoms with Gasteiger partial charge in [0.15, 0.2) is 0 Å². The van der Waals surface area contributed by atoms with Crippen LogP contribution in [-0.4, -0.2) is 38.2 Å². The van der Waals surface area contributed by atoms with Crippen LogP contribution in [0.5, 0.6) is 0 Å². The van der Waals surface area contributed by atoms with E-state index in [-0.39, 0.29) is 5.75 Å².